The summed E-state index contributed by atoms with van der Waals surface area (Å²) in [5.41, 5.74) is 2.58. The van der Waals surface area contributed by atoms with E-state index < -0.39 is 0 Å². The van der Waals surface area contributed by atoms with Gasteiger partial charge in [-0.05, 0) is 37.6 Å². The molecule has 1 atom stereocenters. The van der Waals surface area contributed by atoms with Crippen LogP contribution in [-0.4, -0.2) is 34.4 Å². The molecule has 6 heteroatoms. The Morgan fingerprint density at radius 2 is 1.81 bits per heavy atom. The molecule has 3 rings (SSSR count). The number of imidazole rings is 1. The standard InChI is InChI=1S/C21H24N4O2/c1-15(23-21(27)16-8-3-2-4-9-16)14-20(26)22-13-7-12-19-24-17-10-5-6-11-18(17)25-19/h2-6,8-11,15H,7,12-14H2,1H3,(H,22,26)(H,23,27)(H,24,25). The molecule has 2 aromatic carbocycles. The molecule has 0 aliphatic heterocycles. The van der Waals surface area contributed by atoms with Crippen LogP contribution < -0.4 is 10.6 Å². The molecule has 140 valence electrons. The third-order valence-corrected chi connectivity index (χ3v) is 4.26. The third-order valence-electron chi connectivity index (χ3n) is 4.26. The zero-order valence-electron chi connectivity index (χ0n) is 15.4. The highest BCUT2D eigenvalue weighted by Gasteiger charge is 2.13. The molecule has 0 spiro atoms. The SMILES string of the molecule is CC(CC(=O)NCCCc1nc2ccccc2[nH]1)NC(=O)c1ccccc1. The lowest BCUT2D eigenvalue weighted by Gasteiger charge is -2.14. The number of para-hydroxylation sites is 2. The van der Waals surface area contributed by atoms with E-state index in [-0.39, 0.29) is 24.3 Å². The number of nitrogens with one attached hydrogen (secondary N) is 3. The van der Waals surface area contributed by atoms with Crippen LogP contribution in [0.5, 0.6) is 0 Å². The summed E-state index contributed by atoms with van der Waals surface area (Å²) in [6.07, 6.45) is 1.83. The summed E-state index contributed by atoms with van der Waals surface area (Å²) in [7, 11) is 0. The number of hydrogen-bond acceptors (Lipinski definition) is 3. The van der Waals surface area contributed by atoms with Gasteiger partial charge in [-0.25, -0.2) is 4.98 Å². The Balaban J connectivity index is 1.36. The number of hydrogen-bond donors (Lipinski definition) is 3. The summed E-state index contributed by atoms with van der Waals surface area (Å²) in [5.74, 6) is 0.690. The first-order valence-electron chi connectivity index (χ1n) is 9.18. The van der Waals surface area contributed by atoms with E-state index in [1.807, 2.05) is 49.4 Å². The monoisotopic (exact) mass is 364 g/mol. The quantitative estimate of drug-likeness (QED) is 0.537. The first-order chi connectivity index (χ1) is 13.1. The lowest BCUT2D eigenvalue weighted by atomic mass is 10.1. The number of H-pyrrole nitrogens is 1. The van der Waals surface area contributed by atoms with Crippen molar-refractivity contribution in [3.05, 3.63) is 66.0 Å². The Morgan fingerprint density at radius 1 is 1.07 bits per heavy atom. The van der Waals surface area contributed by atoms with E-state index >= 15 is 0 Å². The second-order valence-corrected chi connectivity index (χ2v) is 6.60. The Labute approximate surface area is 158 Å². The lowest BCUT2D eigenvalue weighted by Crippen LogP contribution is -2.37. The smallest absolute Gasteiger partial charge is 0.251 e. The molecule has 0 bridgehead atoms. The summed E-state index contributed by atoms with van der Waals surface area (Å²) < 4.78 is 0. The van der Waals surface area contributed by atoms with Crippen LogP contribution in [0.4, 0.5) is 0 Å². The van der Waals surface area contributed by atoms with Crippen LogP contribution in [0.1, 0.15) is 35.9 Å². The molecule has 1 aromatic heterocycles. The van der Waals surface area contributed by atoms with Crippen molar-refractivity contribution in [1.82, 2.24) is 20.6 Å². The van der Waals surface area contributed by atoms with Crippen LogP contribution in [0.15, 0.2) is 54.6 Å². The molecule has 1 heterocycles. The van der Waals surface area contributed by atoms with E-state index in [4.69, 9.17) is 0 Å². The van der Waals surface area contributed by atoms with Gasteiger partial charge in [0.1, 0.15) is 5.82 Å². The molecule has 0 fully saturated rings. The minimum Gasteiger partial charge on any atom is -0.356 e. The van der Waals surface area contributed by atoms with E-state index in [0.29, 0.717) is 12.1 Å². The predicted octanol–water partition coefficient (Wildman–Crippen LogP) is 2.82. The molecular formula is C21H24N4O2. The topological polar surface area (TPSA) is 86.9 Å². The van der Waals surface area contributed by atoms with Gasteiger partial charge in [0.15, 0.2) is 0 Å². The van der Waals surface area contributed by atoms with Crippen molar-refractivity contribution in [3.63, 3.8) is 0 Å². The molecule has 0 radical (unpaired) electrons. The minimum absolute atomic E-state index is 0.0690. The maximum atomic E-state index is 12.1. The van der Waals surface area contributed by atoms with Crippen molar-refractivity contribution in [2.24, 2.45) is 0 Å². The van der Waals surface area contributed by atoms with Crippen molar-refractivity contribution in [1.29, 1.82) is 0 Å². The number of carbonyl (C=O) groups excluding carboxylic acids is 2. The molecular weight excluding hydrogens is 340 g/mol. The summed E-state index contributed by atoms with van der Waals surface area (Å²) in [5, 5.41) is 5.74. The Morgan fingerprint density at radius 3 is 2.59 bits per heavy atom. The van der Waals surface area contributed by atoms with Crippen molar-refractivity contribution in [3.8, 4) is 0 Å². The lowest BCUT2D eigenvalue weighted by molar-refractivity contribution is -0.121. The fourth-order valence-corrected chi connectivity index (χ4v) is 2.91. The second kappa shape index (κ2) is 8.98. The van der Waals surface area contributed by atoms with Crippen LogP contribution in [0.2, 0.25) is 0 Å². The summed E-state index contributed by atoms with van der Waals surface area (Å²) in [6.45, 7) is 2.41. The fraction of sp³-hybridized carbons (Fsp3) is 0.286. The largest absolute Gasteiger partial charge is 0.356 e. The van der Waals surface area contributed by atoms with Crippen LogP contribution in [0.3, 0.4) is 0 Å². The average molecular weight is 364 g/mol. The van der Waals surface area contributed by atoms with Gasteiger partial charge in [0, 0.05) is 31.0 Å². The number of fused-ring (bicyclic) bond motifs is 1. The molecule has 0 aliphatic carbocycles. The van der Waals surface area contributed by atoms with Gasteiger partial charge in [0.25, 0.3) is 5.91 Å². The number of aryl methyl sites for hydroxylation is 1. The van der Waals surface area contributed by atoms with Gasteiger partial charge >= 0.3 is 0 Å². The zero-order valence-corrected chi connectivity index (χ0v) is 15.4. The maximum Gasteiger partial charge on any atom is 0.251 e. The van der Waals surface area contributed by atoms with E-state index in [9.17, 15) is 9.59 Å². The highest BCUT2D eigenvalue weighted by Crippen LogP contribution is 2.11. The van der Waals surface area contributed by atoms with Crippen LogP contribution in [-0.2, 0) is 11.2 Å². The molecule has 2 amide bonds. The van der Waals surface area contributed by atoms with Gasteiger partial charge in [-0.15, -0.1) is 0 Å². The van der Waals surface area contributed by atoms with Gasteiger partial charge in [-0.2, -0.15) is 0 Å². The number of aromatic nitrogens is 2. The van der Waals surface area contributed by atoms with Crippen molar-refractivity contribution < 1.29 is 9.59 Å². The van der Waals surface area contributed by atoms with Crippen LogP contribution in [0.25, 0.3) is 11.0 Å². The van der Waals surface area contributed by atoms with E-state index in [0.717, 1.165) is 29.7 Å². The van der Waals surface area contributed by atoms with Crippen LogP contribution >= 0.6 is 0 Å². The summed E-state index contributed by atoms with van der Waals surface area (Å²) in [6, 6.07) is 16.7. The fourth-order valence-electron chi connectivity index (χ4n) is 2.91. The number of benzene rings is 2. The number of rotatable bonds is 8. The molecule has 0 saturated heterocycles. The third kappa shape index (κ3) is 5.41. The average Bonchev–Trinajstić information content (AvgIpc) is 3.08. The predicted molar refractivity (Wildman–Crippen MR) is 105 cm³/mol. The van der Waals surface area contributed by atoms with Gasteiger partial charge < -0.3 is 15.6 Å². The van der Waals surface area contributed by atoms with E-state index in [1.165, 1.54) is 0 Å². The van der Waals surface area contributed by atoms with Crippen molar-refractivity contribution >= 4 is 22.8 Å². The zero-order chi connectivity index (χ0) is 19.1. The number of amides is 2. The second-order valence-electron chi connectivity index (χ2n) is 6.60. The Kier molecular flexibility index (Phi) is 6.20. The van der Waals surface area contributed by atoms with Gasteiger partial charge in [0.05, 0.1) is 11.0 Å². The van der Waals surface area contributed by atoms with Gasteiger partial charge in [0.2, 0.25) is 5.91 Å². The Hall–Kier alpha value is -3.15. The number of aromatic amines is 1. The summed E-state index contributed by atoms with van der Waals surface area (Å²) >= 11 is 0. The van der Waals surface area contributed by atoms with Crippen molar-refractivity contribution in [2.75, 3.05) is 6.54 Å². The molecule has 6 nitrogen and oxygen atoms in total. The summed E-state index contributed by atoms with van der Waals surface area (Å²) in [4.78, 5) is 31.9. The highest BCUT2D eigenvalue weighted by molar-refractivity contribution is 5.94. The molecule has 3 N–H and O–H groups in total. The maximum absolute atomic E-state index is 12.1. The molecule has 0 saturated carbocycles. The van der Waals surface area contributed by atoms with Crippen molar-refractivity contribution in [2.45, 2.75) is 32.2 Å². The van der Waals surface area contributed by atoms with Gasteiger partial charge in [-0.3, -0.25) is 9.59 Å². The minimum atomic E-state index is -0.229. The first-order valence-corrected chi connectivity index (χ1v) is 9.18. The normalized spacial score (nSPS) is 11.9. The Bertz CT molecular complexity index is 872. The van der Waals surface area contributed by atoms with Gasteiger partial charge in [-0.1, -0.05) is 30.3 Å². The van der Waals surface area contributed by atoms with Crippen LogP contribution in [0, 0.1) is 0 Å². The van der Waals surface area contributed by atoms with E-state index in [2.05, 4.69) is 20.6 Å². The van der Waals surface area contributed by atoms with E-state index in [1.54, 1.807) is 12.1 Å². The number of carbonyl (C=O) groups is 2. The molecule has 27 heavy (non-hydrogen) atoms. The molecule has 1 unspecified atom stereocenters. The first kappa shape index (κ1) is 18.6. The molecule has 0 aliphatic rings. The number of nitrogens with zero attached hydrogens (tertiary/aromatic N) is 1. The highest BCUT2D eigenvalue weighted by atomic mass is 16.2. The molecule has 3 aromatic rings.